The molecule has 0 aliphatic carbocycles. The number of phenols is 1. The van der Waals surface area contributed by atoms with Crippen molar-refractivity contribution in [1.82, 2.24) is 10.2 Å². The van der Waals surface area contributed by atoms with Crippen LogP contribution in [-0.2, 0) is 0 Å². The zero-order valence-corrected chi connectivity index (χ0v) is 13.6. The van der Waals surface area contributed by atoms with Crippen molar-refractivity contribution in [2.45, 2.75) is 32.0 Å². The van der Waals surface area contributed by atoms with E-state index in [0.29, 0.717) is 31.7 Å². The van der Waals surface area contributed by atoms with Crippen LogP contribution in [0.3, 0.4) is 0 Å². The highest BCUT2D eigenvalue weighted by Gasteiger charge is 2.32. The number of nitrogens with one attached hydrogen (secondary N) is 1. The zero-order chi connectivity index (χ0) is 16.3. The lowest BCUT2D eigenvalue weighted by Crippen LogP contribution is -2.45. The molecular weight excluding hydrogens is 336 g/mol. The fourth-order valence-corrected chi connectivity index (χ4v) is 2.84. The number of hydrogen-bond donors (Lipinski definition) is 2. The Kier molecular flexibility index (Phi) is 7.10. The number of hydrogen-bond acceptors (Lipinski definition) is 3. The molecule has 0 aromatic heterocycles. The minimum absolute atomic E-state index is 0. The molecule has 23 heavy (non-hydrogen) atoms. The summed E-state index contributed by atoms with van der Waals surface area (Å²) in [5.41, 5.74) is 0.575. The number of nitrogens with zero attached hydrogens (tertiary/aromatic N) is 1. The fraction of sp³-hybridized carbons (Fsp3) is 0.600. The van der Waals surface area contributed by atoms with Crippen LogP contribution in [0.5, 0.6) is 5.75 Å². The van der Waals surface area contributed by atoms with Gasteiger partial charge in [-0.2, -0.15) is 13.2 Å². The van der Waals surface area contributed by atoms with Crippen LogP contribution < -0.4 is 5.32 Å². The normalized spacial score (nSPS) is 17.6. The molecule has 0 spiro atoms. The van der Waals surface area contributed by atoms with Gasteiger partial charge in [0.25, 0.3) is 0 Å². The Hall–Kier alpha value is -1.05. The predicted octanol–water partition coefficient (Wildman–Crippen LogP) is 3.55. The smallest absolute Gasteiger partial charge is 0.389 e. The Labute approximate surface area is 139 Å². The van der Waals surface area contributed by atoms with Gasteiger partial charge in [-0.25, -0.2) is 4.39 Å². The molecule has 0 radical (unpaired) electrons. The lowest BCUT2D eigenvalue weighted by Gasteiger charge is -2.36. The molecule has 1 aliphatic rings. The monoisotopic (exact) mass is 356 g/mol. The Morgan fingerprint density at radius 3 is 2.43 bits per heavy atom. The maximum absolute atomic E-state index is 13.6. The van der Waals surface area contributed by atoms with Gasteiger partial charge in [-0.1, -0.05) is 0 Å². The summed E-state index contributed by atoms with van der Waals surface area (Å²) in [6.07, 6.45) is -5.43. The molecule has 1 saturated heterocycles. The molecule has 1 aromatic carbocycles. The molecule has 2 rings (SSSR count). The van der Waals surface area contributed by atoms with E-state index in [0.717, 1.165) is 6.07 Å². The average Bonchev–Trinajstić information content (AvgIpc) is 2.44. The number of phenolic OH excluding ortho intramolecular Hbond substituents is 1. The SMILES string of the molecule is Cc1cc(F)cc([C@@H](CCC(F)(F)F)N2CCNCC2)c1O.Cl. The van der Waals surface area contributed by atoms with Gasteiger partial charge in [0.1, 0.15) is 11.6 Å². The summed E-state index contributed by atoms with van der Waals surface area (Å²) >= 11 is 0. The summed E-state index contributed by atoms with van der Waals surface area (Å²) in [5.74, 6) is -0.662. The average molecular weight is 357 g/mol. The van der Waals surface area contributed by atoms with Gasteiger partial charge >= 0.3 is 6.18 Å². The minimum atomic E-state index is -4.27. The van der Waals surface area contributed by atoms with Crippen molar-refractivity contribution in [3.8, 4) is 5.75 Å². The van der Waals surface area contributed by atoms with E-state index in [1.54, 1.807) is 6.92 Å². The van der Waals surface area contributed by atoms with Gasteiger partial charge in [-0.15, -0.1) is 12.4 Å². The zero-order valence-electron chi connectivity index (χ0n) is 12.8. The van der Waals surface area contributed by atoms with Crippen molar-refractivity contribution >= 4 is 12.4 Å². The third-order valence-corrected chi connectivity index (χ3v) is 3.95. The van der Waals surface area contributed by atoms with E-state index in [4.69, 9.17) is 0 Å². The van der Waals surface area contributed by atoms with Crippen LogP contribution in [-0.4, -0.2) is 42.4 Å². The van der Waals surface area contributed by atoms with Crippen LogP contribution >= 0.6 is 12.4 Å². The molecule has 1 fully saturated rings. The van der Waals surface area contributed by atoms with Crippen LogP contribution in [0.15, 0.2) is 12.1 Å². The van der Waals surface area contributed by atoms with E-state index in [-0.39, 0.29) is 30.1 Å². The highest BCUT2D eigenvalue weighted by atomic mass is 35.5. The first kappa shape index (κ1) is 20.0. The second-order valence-corrected chi connectivity index (χ2v) is 5.62. The first-order chi connectivity index (χ1) is 10.3. The van der Waals surface area contributed by atoms with Crippen molar-refractivity contribution in [2.24, 2.45) is 0 Å². The Balaban J connectivity index is 0.00000264. The number of piperazine rings is 1. The second kappa shape index (κ2) is 8.17. The molecule has 1 aliphatic heterocycles. The molecule has 1 atom stereocenters. The molecule has 1 aromatic rings. The maximum Gasteiger partial charge on any atom is 0.389 e. The molecule has 132 valence electrons. The van der Waals surface area contributed by atoms with Gasteiger partial charge in [0.2, 0.25) is 0 Å². The standard InChI is InChI=1S/C15H20F4N2O.ClH/c1-10-8-11(16)9-12(14(10)22)13(2-3-15(17,18)19)21-6-4-20-5-7-21;/h8-9,13,20,22H,2-7H2,1H3;1H/t13-;/m1./s1. The van der Waals surface area contributed by atoms with E-state index in [9.17, 15) is 22.7 Å². The molecule has 2 N–H and O–H groups in total. The van der Waals surface area contributed by atoms with Crippen molar-refractivity contribution in [1.29, 1.82) is 0 Å². The molecule has 3 nitrogen and oxygen atoms in total. The van der Waals surface area contributed by atoms with E-state index in [1.165, 1.54) is 6.07 Å². The van der Waals surface area contributed by atoms with Crippen molar-refractivity contribution < 1.29 is 22.7 Å². The Morgan fingerprint density at radius 1 is 1.26 bits per heavy atom. The van der Waals surface area contributed by atoms with Crippen LogP contribution in [0.25, 0.3) is 0 Å². The quantitative estimate of drug-likeness (QED) is 0.810. The minimum Gasteiger partial charge on any atom is -0.507 e. The topological polar surface area (TPSA) is 35.5 Å². The highest BCUT2D eigenvalue weighted by molar-refractivity contribution is 5.85. The number of halogens is 5. The third kappa shape index (κ3) is 5.51. The van der Waals surface area contributed by atoms with Crippen molar-refractivity contribution in [3.05, 3.63) is 29.1 Å². The van der Waals surface area contributed by atoms with E-state index in [1.807, 2.05) is 4.90 Å². The summed E-state index contributed by atoms with van der Waals surface area (Å²) in [6.45, 7) is 4.00. The van der Waals surface area contributed by atoms with Gasteiger partial charge in [-0.3, -0.25) is 4.90 Å². The lowest BCUT2D eigenvalue weighted by atomic mass is 9.96. The van der Waals surface area contributed by atoms with Crippen LogP contribution in [0.1, 0.15) is 30.0 Å². The molecule has 0 saturated carbocycles. The number of benzene rings is 1. The summed E-state index contributed by atoms with van der Waals surface area (Å²) in [7, 11) is 0. The number of aromatic hydroxyl groups is 1. The first-order valence-electron chi connectivity index (χ1n) is 7.28. The van der Waals surface area contributed by atoms with Crippen LogP contribution in [0, 0.1) is 12.7 Å². The van der Waals surface area contributed by atoms with Crippen molar-refractivity contribution in [3.63, 3.8) is 0 Å². The van der Waals surface area contributed by atoms with Gasteiger partial charge in [0.05, 0.1) is 0 Å². The number of rotatable bonds is 4. The van der Waals surface area contributed by atoms with E-state index < -0.39 is 24.5 Å². The van der Waals surface area contributed by atoms with Crippen LogP contribution in [0.2, 0.25) is 0 Å². The van der Waals surface area contributed by atoms with E-state index in [2.05, 4.69) is 5.32 Å². The predicted molar refractivity (Wildman–Crippen MR) is 82.5 cm³/mol. The Morgan fingerprint density at radius 2 is 1.87 bits per heavy atom. The third-order valence-electron chi connectivity index (χ3n) is 3.95. The Bertz CT molecular complexity index is 519. The fourth-order valence-electron chi connectivity index (χ4n) is 2.84. The largest absolute Gasteiger partial charge is 0.507 e. The second-order valence-electron chi connectivity index (χ2n) is 5.62. The van der Waals surface area contributed by atoms with E-state index >= 15 is 0 Å². The maximum atomic E-state index is 13.6. The van der Waals surface area contributed by atoms with Gasteiger partial charge < -0.3 is 10.4 Å². The highest BCUT2D eigenvalue weighted by Crippen LogP contribution is 2.37. The molecular formula is C15H21ClF4N2O. The number of aryl methyl sites for hydroxylation is 1. The van der Waals surface area contributed by atoms with Gasteiger partial charge in [0.15, 0.2) is 0 Å². The molecule has 0 amide bonds. The van der Waals surface area contributed by atoms with Crippen molar-refractivity contribution in [2.75, 3.05) is 26.2 Å². The first-order valence-corrected chi connectivity index (χ1v) is 7.28. The van der Waals surface area contributed by atoms with Gasteiger partial charge in [0, 0.05) is 44.2 Å². The van der Waals surface area contributed by atoms with Gasteiger partial charge in [-0.05, 0) is 31.0 Å². The molecule has 0 bridgehead atoms. The summed E-state index contributed by atoms with van der Waals surface area (Å²) < 4.78 is 51.4. The number of alkyl halides is 3. The lowest BCUT2D eigenvalue weighted by molar-refractivity contribution is -0.138. The van der Waals surface area contributed by atoms with Crippen LogP contribution in [0.4, 0.5) is 17.6 Å². The molecule has 1 heterocycles. The molecule has 0 unspecified atom stereocenters. The summed E-state index contributed by atoms with van der Waals surface area (Å²) in [5, 5.41) is 13.3. The molecule has 8 heteroatoms. The summed E-state index contributed by atoms with van der Waals surface area (Å²) in [6, 6.07) is 1.68. The summed E-state index contributed by atoms with van der Waals surface area (Å²) in [4.78, 5) is 1.87.